The second kappa shape index (κ2) is 3.47. The van der Waals surface area contributed by atoms with E-state index in [1.807, 2.05) is 24.4 Å². The molecule has 0 aliphatic carbocycles. The van der Waals surface area contributed by atoms with Gasteiger partial charge in [-0.05, 0) is 23.8 Å². The average molecular weight is 185 g/mol. The first-order chi connectivity index (χ1) is 6.85. The van der Waals surface area contributed by atoms with E-state index in [0.717, 1.165) is 22.2 Å². The Labute approximate surface area is 82.9 Å². The van der Waals surface area contributed by atoms with Gasteiger partial charge in [-0.2, -0.15) is 0 Å². The van der Waals surface area contributed by atoms with Crippen molar-refractivity contribution in [1.82, 2.24) is 4.98 Å². The molecule has 2 rings (SSSR count). The average Bonchev–Trinajstić information content (AvgIpc) is 2.61. The van der Waals surface area contributed by atoms with E-state index in [2.05, 4.69) is 10.9 Å². The van der Waals surface area contributed by atoms with Crippen molar-refractivity contribution in [3.05, 3.63) is 30.0 Å². The van der Waals surface area contributed by atoms with Gasteiger partial charge in [-0.15, -0.1) is 12.3 Å². The van der Waals surface area contributed by atoms with Crippen molar-refractivity contribution in [2.75, 3.05) is 7.11 Å². The van der Waals surface area contributed by atoms with E-state index in [4.69, 9.17) is 11.2 Å². The second-order valence-electron chi connectivity index (χ2n) is 3.11. The molecule has 0 unspecified atom stereocenters. The molecule has 0 radical (unpaired) electrons. The fourth-order valence-electron chi connectivity index (χ4n) is 1.54. The fourth-order valence-corrected chi connectivity index (χ4v) is 1.54. The number of H-pyrrole nitrogens is 1. The Morgan fingerprint density at radius 3 is 3.07 bits per heavy atom. The highest BCUT2D eigenvalue weighted by Crippen LogP contribution is 2.23. The Kier molecular flexibility index (Phi) is 2.16. The molecule has 0 atom stereocenters. The van der Waals surface area contributed by atoms with Gasteiger partial charge in [0.15, 0.2) is 0 Å². The Morgan fingerprint density at radius 2 is 2.36 bits per heavy atom. The van der Waals surface area contributed by atoms with Crippen LogP contribution in [0.3, 0.4) is 0 Å². The van der Waals surface area contributed by atoms with Crippen LogP contribution in [0.2, 0.25) is 0 Å². The van der Waals surface area contributed by atoms with Gasteiger partial charge in [0.25, 0.3) is 0 Å². The predicted octanol–water partition coefficient (Wildman–Crippen LogP) is 2.35. The lowest BCUT2D eigenvalue weighted by atomic mass is 10.1. The van der Waals surface area contributed by atoms with Crippen LogP contribution in [0.25, 0.3) is 10.9 Å². The third-order valence-electron chi connectivity index (χ3n) is 2.27. The monoisotopic (exact) mass is 185 g/mol. The molecule has 2 nitrogen and oxygen atoms in total. The van der Waals surface area contributed by atoms with Crippen molar-refractivity contribution in [2.24, 2.45) is 0 Å². The number of hydrogen-bond acceptors (Lipinski definition) is 1. The molecule has 14 heavy (non-hydrogen) atoms. The zero-order valence-corrected chi connectivity index (χ0v) is 8.00. The summed E-state index contributed by atoms with van der Waals surface area (Å²) in [5.41, 5.74) is 2.23. The number of nitrogens with one attached hydrogen (secondary N) is 1. The molecular formula is C12H11NO. The van der Waals surface area contributed by atoms with Gasteiger partial charge >= 0.3 is 0 Å². The van der Waals surface area contributed by atoms with Gasteiger partial charge < -0.3 is 9.72 Å². The third kappa shape index (κ3) is 1.33. The molecule has 1 heterocycles. The fraction of sp³-hybridized carbons (Fsp3) is 0.167. The van der Waals surface area contributed by atoms with Crippen LogP contribution in [-0.4, -0.2) is 12.1 Å². The predicted molar refractivity (Wildman–Crippen MR) is 57.4 cm³/mol. The van der Waals surface area contributed by atoms with Crippen LogP contribution >= 0.6 is 0 Å². The molecule has 0 amide bonds. The summed E-state index contributed by atoms with van der Waals surface area (Å²) in [6, 6.07) is 5.92. The minimum atomic E-state index is 0.646. The van der Waals surface area contributed by atoms with E-state index < -0.39 is 0 Å². The van der Waals surface area contributed by atoms with Gasteiger partial charge in [0.05, 0.1) is 7.11 Å². The normalized spacial score (nSPS) is 10.0. The van der Waals surface area contributed by atoms with Gasteiger partial charge in [-0.1, -0.05) is 0 Å². The number of fused-ring (bicyclic) bond motifs is 1. The van der Waals surface area contributed by atoms with Crippen LogP contribution < -0.4 is 4.74 Å². The summed E-state index contributed by atoms with van der Waals surface area (Å²) >= 11 is 0. The van der Waals surface area contributed by atoms with Crippen molar-refractivity contribution < 1.29 is 4.74 Å². The van der Waals surface area contributed by atoms with Crippen LogP contribution in [0.1, 0.15) is 5.56 Å². The Bertz CT molecular complexity index is 490. The summed E-state index contributed by atoms with van der Waals surface area (Å²) in [5, 5.41) is 1.14. The standard InChI is InChI=1S/C12H11NO/c1-3-4-9-8-13-12-6-5-10(14-2)7-11(9)12/h1,5-8,13H,4H2,2H3. The van der Waals surface area contributed by atoms with E-state index in [0.29, 0.717) is 6.42 Å². The lowest BCUT2D eigenvalue weighted by Crippen LogP contribution is -1.82. The van der Waals surface area contributed by atoms with Gasteiger partial charge in [-0.25, -0.2) is 0 Å². The molecule has 0 bridgehead atoms. The number of hydrogen-bond donors (Lipinski definition) is 1. The molecule has 0 aliphatic rings. The van der Waals surface area contributed by atoms with Crippen molar-refractivity contribution >= 4 is 10.9 Å². The number of ether oxygens (including phenoxy) is 1. The molecule has 0 saturated carbocycles. The Balaban J connectivity index is 2.59. The number of aromatic amines is 1. The van der Waals surface area contributed by atoms with Crippen molar-refractivity contribution in [2.45, 2.75) is 6.42 Å². The Hall–Kier alpha value is -1.88. The largest absolute Gasteiger partial charge is 0.497 e. The van der Waals surface area contributed by atoms with Crippen LogP contribution in [0, 0.1) is 12.3 Å². The summed E-state index contributed by atoms with van der Waals surface area (Å²) in [6.07, 6.45) is 7.88. The number of terminal acetylenes is 1. The number of rotatable bonds is 2. The highest BCUT2D eigenvalue weighted by atomic mass is 16.5. The number of benzene rings is 1. The molecule has 1 aromatic heterocycles. The molecular weight excluding hydrogens is 174 g/mol. The smallest absolute Gasteiger partial charge is 0.119 e. The maximum Gasteiger partial charge on any atom is 0.119 e. The minimum Gasteiger partial charge on any atom is -0.497 e. The zero-order chi connectivity index (χ0) is 9.97. The van der Waals surface area contributed by atoms with Crippen molar-refractivity contribution in [1.29, 1.82) is 0 Å². The number of aromatic nitrogens is 1. The first-order valence-electron chi connectivity index (χ1n) is 4.42. The van der Waals surface area contributed by atoms with E-state index in [9.17, 15) is 0 Å². The summed E-state index contributed by atoms with van der Waals surface area (Å²) in [6.45, 7) is 0. The van der Waals surface area contributed by atoms with E-state index >= 15 is 0 Å². The molecule has 2 heteroatoms. The summed E-state index contributed by atoms with van der Waals surface area (Å²) in [5.74, 6) is 3.50. The van der Waals surface area contributed by atoms with Crippen molar-refractivity contribution in [3.63, 3.8) is 0 Å². The molecule has 0 saturated heterocycles. The topological polar surface area (TPSA) is 25.0 Å². The van der Waals surface area contributed by atoms with E-state index in [-0.39, 0.29) is 0 Å². The van der Waals surface area contributed by atoms with E-state index in [1.165, 1.54) is 0 Å². The van der Waals surface area contributed by atoms with Gasteiger partial charge in [-0.3, -0.25) is 0 Å². The highest BCUT2D eigenvalue weighted by molar-refractivity contribution is 5.84. The summed E-state index contributed by atoms with van der Waals surface area (Å²) < 4.78 is 5.16. The molecule has 1 aromatic carbocycles. The second-order valence-corrected chi connectivity index (χ2v) is 3.11. The summed E-state index contributed by atoms with van der Waals surface area (Å²) in [4.78, 5) is 3.17. The lowest BCUT2D eigenvalue weighted by molar-refractivity contribution is 0.415. The van der Waals surface area contributed by atoms with Crippen LogP contribution in [-0.2, 0) is 6.42 Å². The van der Waals surface area contributed by atoms with E-state index in [1.54, 1.807) is 7.11 Å². The molecule has 2 aromatic rings. The number of methoxy groups -OCH3 is 1. The minimum absolute atomic E-state index is 0.646. The molecule has 70 valence electrons. The maximum atomic E-state index is 5.29. The first-order valence-corrected chi connectivity index (χ1v) is 4.42. The quantitative estimate of drug-likeness (QED) is 0.714. The van der Waals surface area contributed by atoms with Gasteiger partial charge in [0, 0.05) is 23.5 Å². The molecule has 0 aliphatic heterocycles. The van der Waals surface area contributed by atoms with Crippen molar-refractivity contribution in [3.8, 4) is 18.1 Å². The van der Waals surface area contributed by atoms with Crippen LogP contribution in [0.15, 0.2) is 24.4 Å². The maximum absolute atomic E-state index is 5.29. The highest BCUT2D eigenvalue weighted by Gasteiger charge is 2.03. The lowest BCUT2D eigenvalue weighted by Gasteiger charge is -1.99. The first kappa shape index (κ1) is 8.71. The van der Waals surface area contributed by atoms with Gasteiger partial charge in [0.2, 0.25) is 0 Å². The molecule has 0 spiro atoms. The third-order valence-corrected chi connectivity index (χ3v) is 2.27. The van der Waals surface area contributed by atoms with Crippen LogP contribution in [0.5, 0.6) is 5.75 Å². The SMILES string of the molecule is C#CCc1c[nH]c2ccc(OC)cc12. The zero-order valence-electron chi connectivity index (χ0n) is 8.00. The van der Waals surface area contributed by atoms with Crippen LogP contribution in [0.4, 0.5) is 0 Å². The Morgan fingerprint density at radius 1 is 1.50 bits per heavy atom. The molecule has 0 fully saturated rings. The van der Waals surface area contributed by atoms with Gasteiger partial charge in [0.1, 0.15) is 5.75 Å². The molecule has 1 N–H and O–H groups in total. The summed E-state index contributed by atoms with van der Waals surface area (Å²) in [7, 11) is 1.66.